The summed E-state index contributed by atoms with van der Waals surface area (Å²) >= 11 is 1.56. The summed E-state index contributed by atoms with van der Waals surface area (Å²) in [5.41, 5.74) is 4.45. The van der Waals surface area contributed by atoms with Crippen LogP contribution < -0.4 is 0 Å². The molecule has 0 N–H and O–H groups in total. The molecule has 0 aliphatic rings. The molecular weight excluding hydrogens is 332 g/mol. The van der Waals surface area contributed by atoms with Gasteiger partial charge in [-0.05, 0) is 33.3 Å². The Morgan fingerprint density at radius 1 is 1.04 bits per heavy atom. The fourth-order valence-electron chi connectivity index (χ4n) is 3.12. The van der Waals surface area contributed by atoms with E-state index in [1.54, 1.807) is 11.3 Å². The van der Waals surface area contributed by atoms with E-state index in [0.29, 0.717) is 12.5 Å². The van der Waals surface area contributed by atoms with Crippen LogP contribution in [0.4, 0.5) is 0 Å². The normalized spacial score (nSPS) is 11.7. The molecule has 0 bridgehead atoms. The highest BCUT2D eigenvalue weighted by Gasteiger charge is 2.20. The summed E-state index contributed by atoms with van der Waals surface area (Å²) in [5, 5.41) is 19.0. The Hall–Kier alpha value is -2.54. The predicted octanol–water partition coefficient (Wildman–Crippen LogP) is 3.84. The molecular formula is C18H20N6S. The number of hydrogen-bond acceptors (Lipinski definition) is 5. The van der Waals surface area contributed by atoms with Gasteiger partial charge in [0, 0.05) is 18.2 Å². The zero-order valence-electron chi connectivity index (χ0n) is 14.8. The first-order chi connectivity index (χ1) is 12.0. The molecule has 0 saturated heterocycles. The van der Waals surface area contributed by atoms with Crippen LogP contribution >= 0.6 is 11.3 Å². The van der Waals surface area contributed by atoms with E-state index in [1.165, 1.54) is 5.56 Å². The molecule has 7 heteroatoms. The standard InChI is InChI=1S/C18H20N6S/c1-11(2)23-13(4)16(12(3)21-23)17-22-24-15(19-20-18(24)25-17)10-14-8-6-5-7-9-14/h5-9,11H,10H2,1-4H3. The van der Waals surface area contributed by atoms with Gasteiger partial charge in [-0.2, -0.15) is 14.7 Å². The van der Waals surface area contributed by atoms with Gasteiger partial charge in [0.2, 0.25) is 4.96 Å². The van der Waals surface area contributed by atoms with Gasteiger partial charge in [-0.25, -0.2) is 0 Å². The first-order valence-corrected chi connectivity index (χ1v) is 9.17. The molecule has 0 unspecified atom stereocenters. The minimum atomic E-state index is 0.326. The highest BCUT2D eigenvalue weighted by Crippen LogP contribution is 2.32. The highest BCUT2D eigenvalue weighted by atomic mass is 32.1. The number of aryl methyl sites for hydroxylation is 1. The van der Waals surface area contributed by atoms with Crippen molar-refractivity contribution in [2.24, 2.45) is 0 Å². The molecule has 1 aromatic carbocycles. The molecule has 0 aliphatic heterocycles. The molecule has 3 heterocycles. The van der Waals surface area contributed by atoms with Gasteiger partial charge in [-0.15, -0.1) is 10.2 Å². The van der Waals surface area contributed by atoms with Crippen LogP contribution in [0, 0.1) is 13.8 Å². The van der Waals surface area contributed by atoms with Crippen LogP contribution in [-0.4, -0.2) is 29.6 Å². The third kappa shape index (κ3) is 2.74. The van der Waals surface area contributed by atoms with E-state index < -0.39 is 0 Å². The van der Waals surface area contributed by atoms with Crippen molar-refractivity contribution in [2.45, 2.75) is 40.2 Å². The number of rotatable bonds is 4. The van der Waals surface area contributed by atoms with Crippen LogP contribution in [0.2, 0.25) is 0 Å². The lowest BCUT2D eigenvalue weighted by atomic mass is 10.1. The second-order valence-electron chi connectivity index (χ2n) is 6.46. The molecule has 25 heavy (non-hydrogen) atoms. The molecule has 4 rings (SSSR count). The van der Waals surface area contributed by atoms with E-state index in [4.69, 9.17) is 5.10 Å². The summed E-state index contributed by atoms with van der Waals surface area (Å²) in [6.07, 6.45) is 0.717. The molecule has 0 aliphatic carbocycles. The van der Waals surface area contributed by atoms with Crippen molar-refractivity contribution in [1.29, 1.82) is 0 Å². The van der Waals surface area contributed by atoms with Crippen LogP contribution in [0.5, 0.6) is 0 Å². The fourth-order valence-corrected chi connectivity index (χ4v) is 4.13. The van der Waals surface area contributed by atoms with Crippen LogP contribution in [-0.2, 0) is 6.42 Å². The Labute approximate surface area is 150 Å². The quantitative estimate of drug-likeness (QED) is 0.560. The molecule has 0 atom stereocenters. The molecule has 6 nitrogen and oxygen atoms in total. The lowest BCUT2D eigenvalue weighted by Gasteiger charge is -2.07. The minimum absolute atomic E-state index is 0.326. The number of benzene rings is 1. The number of fused-ring (bicyclic) bond motifs is 1. The van der Waals surface area contributed by atoms with Crippen LogP contribution in [0.25, 0.3) is 15.5 Å². The van der Waals surface area contributed by atoms with Crippen LogP contribution in [0.3, 0.4) is 0 Å². The van der Waals surface area contributed by atoms with E-state index in [0.717, 1.165) is 32.7 Å². The van der Waals surface area contributed by atoms with Gasteiger partial charge in [-0.1, -0.05) is 41.7 Å². The van der Waals surface area contributed by atoms with Crippen molar-refractivity contribution < 1.29 is 0 Å². The largest absolute Gasteiger partial charge is 0.266 e. The third-order valence-corrected chi connectivity index (χ3v) is 5.20. The van der Waals surface area contributed by atoms with Crippen LogP contribution in [0.1, 0.15) is 42.7 Å². The van der Waals surface area contributed by atoms with Gasteiger partial charge in [-0.3, -0.25) is 4.68 Å². The van der Waals surface area contributed by atoms with Crippen molar-refractivity contribution in [1.82, 2.24) is 29.6 Å². The monoisotopic (exact) mass is 352 g/mol. The van der Waals surface area contributed by atoms with Crippen molar-refractivity contribution in [3.05, 3.63) is 53.1 Å². The topological polar surface area (TPSA) is 60.9 Å². The van der Waals surface area contributed by atoms with Gasteiger partial charge in [0.1, 0.15) is 0 Å². The predicted molar refractivity (Wildman–Crippen MR) is 99.0 cm³/mol. The van der Waals surface area contributed by atoms with E-state index in [-0.39, 0.29) is 0 Å². The number of aromatic nitrogens is 6. The summed E-state index contributed by atoms with van der Waals surface area (Å²) < 4.78 is 3.91. The Bertz CT molecular complexity index is 1020. The number of hydrogen-bond donors (Lipinski definition) is 0. The molecule has 3 aromatic heterocycles. The maximum absolute atomic E-state index is 4.79. The summed E-state index contributed by atoms with van der Waals surface area (Å²) in [6.45, 7) is 8.41. The van der Waals surface area contributed by atoms with Crippen LogP contribution in [0.15, 0.2) is 30.3 Å². The lowest BCUT2D eigenvalue weighted by Crippen LogP contribution is -2.04. The molecule has 0 saturated carbocycles. The Kier molecular flexibility index (Phi) is 3.88. The summed E-state index contributed by atoms with van der Waals surface area (Å²) in [4.78, 5) is 0.817. The molecule has 0 spiro atoms. The third-order valence-electron chi connectivity index (χ3n) is 4.29. The Morgan fingerprint density at radius 2 is 1.80 bits per heavy atom. The SMILES string of the molecule is Cc1nn(C(C)C)c(C)c1-c1nn2c(Cc3ccccc3)nnc2s1. The maximum Gasteiger partial charge on any atom is 0.234 e. The average Bonchev–Trinajstić information content (AvgIpc) is 3.23. The smallest absolute Gasteiger partial charge is 0.234 e. The summed E-state index contributed by atoms with van der Waals surface area (Å²) in [5.74, 6) is 0.857. The molecule has 0 fully saturated rings. The first kappa shape index (κ1) is 16.0. The van der Waals surface area contributed by atoms with Crippen molar-refractivity contribution >= 4 is 16.3 Å². The van der Waals surface area contributed by atoms with Crippen molar-refractivity contribution in [3.8, 4) is 10.6 Å². The molecule has 0 radical (unpaired) electrons. The van der Waals surface area contributed by atoms with Gasteiger partial charge < -0.3 is 0 Å². The number of nitrogens with zero attached hydrogens (tertiary/aromatic N) is 6. The minimum Gasteiger partial charge on any atom is -0.266 e. The maximum atomic E-state index is 4.79. The van der Waals surface area contributed by atoms with Crippen molar-refractivity contribution in [2.75, 3.05) is 0 Å². The second kappa shape index (κ2) is 6.07. The highest BCUT2D eigenvalue weighted by molar-refractivity contribution is 7.19. The summed E-state index contributed by atoms with van der Waals surface area (Å²) in [7, 11) is 0. The zero-order chi connectivity index (χ0) is 17.6. The lowest BCUT2D eigenvalue weighted by molar-refractivity contribution is 0.516. The molecule has 4 aromatic rings. The van der Waals surface area contributed by atoms with Crippen molar-refractivity contribution in [3.63, 3.8) is 0 Å². The second-order valence-corrected chi connectivity index (χ2v) is 7.42. The van der Waals surface area contributed by atoms with Gasteiger partial charge in [0.15, 0.2) is 10.8 Å². The molecule has 0 amide bonds. The van der Waals surface area contributed by atoms with Gasteiger partial charge in [0.05, 0.1) is 11.3 Å². The van der Waals surface area contributed by atoms with Gasteiger partial charge in [0.25, 0.3) is 0 Å². The first-order valence-electron chi connectivity index (χ1n) is 8.35. The molecule has 128 valence electrons. The van der Waals surface area contributed by atoms with Gasteiger partial charge >= 0.3 is 0 Å². The summed E-state index contributed by atoms with van der Waals surface area (Å²) in [6, 6.07) is 10.6. The average molecular weight is 352 g/mol. The fraction of sp³-hybridized carbons (Fsp3) is 0.333. The van der Waals surface area contributed by atoms with E-state index in [2.05, 4.69) is 52.9 Å². The van der Waals surface area contributed by atoms with E-state index in [1.807, 2.05) is 29.6 Å². The Morgan fingerprint density at radius 3 is 2.48 bits per heavy atom. The Balaban J connectivity index is 1.76. The van der Waals surface area contributed by atoms with E-state index >= 15 is 0 Å². The van der Waals surface area contributed by atoms with E-state index in [9.17, 15) is 0 Å². The zero-order valence-corrected chi connectivity index (χ0v) is 15.6.